The average Bonchev–Trinajstić information content (AvgIpc) is 2.43. The molecular weight excluding hydrogens is 275 g/mol. The Bertz CT molecular complexity index is 482. The van der Waals surface area contributed by atoms with E-state index in [1.54, 1.807) is 12.7 Å². The molecule has 0 bridgehead atoms. The van der Waals surface area contributed by atoms with E-state index < -0.39 is 13.3 Å². The van der Waals surface area contributed by atoms with Gasteiger partial charge < -0.3 is 9.63 Å². The van der Waals surface area contributed by atoms with Gasteiger partial charge in [0.25, 0.3) is 0 Å². The standard InChI is InChI=1S/C15H21O4P/c1-2-19-20(18,13-11-15(16)17)12-7-6-10-14-8-4-3-5-9-14/h3-5,7-9,12H,2,6,10-11,13H2,1H3,(H,16,17). The van der Waals surface area contributed by atoms with Crippen LogP contribution in [-0.2, 0) is 20.3 Å². The Morgan fingerprint density at radius 3 is 2.65 bits per heavy atom. The number of carboxylic acids is 1. The van der Waals surface area contributed by atoms with E-state index in [9.17, 15) is 9.36 Å². The molecule has 0 saturated heterocycles. The molecule has 1 aromatic rings. The van der Waals surface area contributed by atoms with Gasteiger partial charge in [-0.05, 0) is 31.1 Å². The number of aliphatic carboxylic acids is 1. The molecule has 1 unspecified atom stereocenters. The highest BCUT2D eigenvalue weighted by Gasteiger charge is 2.19. The fraction of sp³-hybridized carbons (Fsp3) is 0.400. The van der Waals surface area contributed by atoms with Crippen molar-refractivity contribution < 1.29 is 19.0 Å². The second kappa shape index (κ2) is 8.72. The maximum absolute atomic E-state index is 12.4. The Hall–Kier alpha value is -1.38. The van der Waals surface area contributed by atoms with Gasteiger partial charge in [0, 0.05) is 6.16 Å². The van der Waals surface area contributed by atoms with Crippen molar-refractivity contribution in [1.82, 2.24) is 0 Å². The van der Waals surface area contributed by atoms with Crippen LogP contribution < -0.4 is 0 Å². The summed E-state index contributed by atoms with van der Waals surface area (Å²) in [6.45, 7) is 2.07. The first kappa shape index (κ1) is 16.7. The molecule has 0 saturated carbocycles. The van der Waals surface area contributed by atoms with Gasteiger partial charge in [0.2, 0.25) is 7.37 Å². The van der Waals surface area contributed by atoms with E-state index in [1.165, 1.54) is 5.56 Å². The van der Waals surface area contributed by atoms with Crippen LogP contribution in [-0.4, -0.2) is 23.8 Å². The summed E-state index contributed by atoms with van der Waals surface area (Å²) in [5, 5.41) is 8.66. The molecule has 1 atom stereocenters. The Labute approximate surface area is 119 Å². The van der Waals surface area contributed by atoms with Crippen LogP contribution in [0.3, 0.4) is 0 Å². The molecule has 0 aliphatic rings. The number of allylic oxidation sites excluding steroid dienone is 1. The molecule has 110 valence electrons. The van der Waals surface area contributed by atoms with E-state index in [4.69, 9.17) is 9.63 Å². The van der Waals surface area contributed by atoms with E-state index in [0.29, 0.717) is 6.61 Å². The SMILES string of the molecule is CCOP(=O)(C=CCCc1ccccc1)CCC(=O)O. The van der Waals surface area contributed by atoms with E-state index in [1.807, 2.05) is 36.4 Å². The number of carboxylic acid groups (broad SMARTS) is 1. The minimum atomic E-state index is -2.96. The molecule has 1 aromatic carbocycles. The van der Waals surface area contributed by atoms with Crippen LogP contribution in [0, 0.1) is 0 Å². The monoisotopic (exact) mass is 296 g/mol. The minimum absolute atomic E-state index is 0.0536. The van der Waals surface area contributed by atoms with Gasteiger partial charge in [-0.1, -0.05) is 36.4 Å². The molecule has 1 N–H and O–H groups in total. The zero-order valence-corrected chi connectivity index (χ0v) is 12.6. The fourth-order valence-electron chi connectivity index (χ4n) is 1.78. The summed E-state index contributed by atoms with van der Waals surface area (Å²) in [6, 6.07) is 10.0. The van der Waals surface area contributed by atoms with E-state index in [-0.39, 0.29) is 12.6 Å². The van der Waals surface area contributed by atoms with E-state index in [2.05, 4.69) is 0 Å². The topological polar surface area (TPSA) is 63.6 Å². The van der Waals surface area contributed by atoms with Crippen molar-refractivity contribution in [3.63, 3.8) is 0 Å². The Balaban J connectivity index is 2.50. The van der Waals surface area contributed by atoms with Crippen molar-refractivity contribution >= 4 is 13.3 Å². The first-order chi connectivity index (χ1) is 9.56. The smallest absolute Gasteiger partial charge is 0.303 e. The van der Waals surface area contributed by atoms with Crippen LogP contribution in [0.5, 0.6) is 0 Å². The summed E-state index contributed by atoms with van der Waals surface area (Å²) in [5.74, 6) is 0.602. The van der Waals surface area contributed by atoms with Crippen LogP contribution >= 0.6 is 7.37 Å². The molecule has 4 nitrogen and oxygen atoms in total. The Kier molecular flexibility index (Phi) is 7.27. The van der Waals surface area contributed by atoms with Crippen LogP contribution in [0.4, 0.5) is 0 Å². The highest BCUT2D eigenvalue weighted by Crippen LogP contribution is 2.49. The van der Waals surface area contributed by atoms with Gasteiger partial charge in [-0.2, -0.15) is 0 Å². The molecule has 0 aromatic heterocycles. The third kappa shape index (κ3) is 6.69. The average molecular weight is 296 g/mol. The second-order valence-corrected chi connectivity index (χ2v) is 6.88. The summed E-state index contributed by atoms with van der Waals surface area (Å²) in [7, 11) is -2.96. The lowest BCUT2D eigenvalue weighted by molar-refractivity contribution is -0.136. The van der Waals surface area contributed by atoms with Crippen molar-refractivity contribution in [2.75, 3.05) is 12.8 Å². The summed E-state index contributed by atoms with van der Waals surface area (Å²) in [6.07, 6.45) is 3.36. The Morgan fingerprint density at radius 2 is 2.05 bits per heavy atom. The maximum Gasteiger partial charge on any atom is 0.303 e. The summed E-state index contributed by atoms with van der Waals surface area (Å²) in [5.41, 5.74) is 1.22. The quantitative estimate of drug-likeness (QED) is 0.701. The van der Waals surface area contributed by atoms with Gasteiger partial charge in [0.15, 0.2) is 0 Å². The zero-order valence-electron chi connectivity index (χ0n) is 11.7. The van der Waals surface area contributed by atoms with Crippen LogP contribution in [0.1, 0.15) is 25.3 Å². The molecule has 0 fully saturated rings. The molecule has 0 aliphatic carbocycles. The first-order valence-electron chi connectivity index (χ1n) is 6.72. The molecule has 1 rings (SSSR count). The van der Waals surface area contributed by atoms with Crippen LogP contribution in [0.2, 0.25) is 0 Å². The van der Waals surface area contributed by atoms with Crippen molar-refractivity contribution in [2.45, 2.75) is 26.2 Å². The number of hydrogen-bond acceptors (Lipinski definition) is 3. The van der Waals surface area contributed by atoms with Gasteiger partial charge in [0.05, 0.1) is 13.0 Å². The molecule has 0 spiro atoms. The summed E-state index contributed by atoms with van der Waals surface area (Å²) < 4.78 is 17.6. The molecule has 0 heterocycles. The lowest BCUT2D eigenvalue weighted by Crippen LogP contribution is -2.01. The number of benzene rings is 1. The van der Waals surface area contributed by atoms with Gasteiger partial charge in [0.1, 0.15) is 0 Å². The Morgan fingerprint density at radius 1 is 1.35 bits per heavy atom. The van der Waals surface area contributed by atoms with Gasteiger partial charge in [-0.3, -0.25) is 9.36 Å². The second-order valence-electron chi connectivity index (χ2n) is 4.42. The van der Waals surface area contributed by atoms with Crippen molar-refractivity contribution in [2.24, 2.45) is 0 Å². The lowest BCUT2D eigenvalue weighted by atomic mass is 10.1. The van der Waals surface area contributed by atoms with Crippen LogP contribution in [0.15, 0.2) is 42.2 Å². The van der Waals surface area contributed by atoms with Crippen molar-refractivity contribution in [3.8, 4) is 0 Å². The van der Waals surface area contributed by atoms with Crippen LogP contribution in [0.25, 0.3) is 0 Å². The van der Waals surface area contributed by atoms with E-state index >= 15 is 0 Å². The molecule has 0 radical (unpaired) electrons. The number of carbonyl (C=O) groups is 1. The minimum Gasteiger partial charge on any atom is -0.481 e. The van der Waals surface area contributed by atoms with Crippen molar-refractivity contribution in [3.05, 3.63) is 47.8 Å². The summed E-state index contributed by atoms with van der Waals surface area (Å²) in [4.78, 5) is 10.6. The van der Waals surface area contributed by atoms with Gasteiger partial charge in [-0.15, -0.1) is 0 Å². The van der Waals surface area contributed by atoms with Gasteiger partial charge >= 0.3 is 5.97 Å². The molecule has 5 heteroatoms. The predicted molar refractivity (Wildman–Crippen MR) is 80.3 cm³/mol. The zero-order chi connectivity index (χ0) is 14.8. The fourth-order valence-corrected chi connectivity index (χ4v) is 3.56. The predicted octanol–water partition coefficient (Wildman–Crippen LogP) is 3.92. The van der Waals surface area contributed by atoms with Gasteiger partial charge in [-0.25, -0.2) is 0 Å². The lowest BCUT2D eigenvalue weighted by Gasteiger charge is -2.12. The highest BCUT2D eigenvalue weighted by atomic mass is 31.2. The largest absolute Gasteiger partial charge is 0.481 e. The molecule has 0 amide bonds. The third-order valence-corrected chi connectivity index (χ3v) is 4.97. The number of hydrogen-bond donors (Lipinski definition) is 1. The highest BCUT2D eigenvalue weighted by molar-refractivity contribution is 7.62. The molecule has 20 heavy (non-hydrogen) atoms. The first-order valence-corrected chi connectivity index (χ1v) is 8.60. The number of aryl methyl sites for hydroxylation is 1. The normalized spacial score (nSPS) is 14.2. The summed E-state index contributed by atoms with van der Waals surface area (Å²) >= 11 is 0. The molecular formula is C15H21O4P. The maximum atomic E-state index is 12.4. The van der Waals surface area contributed by atoms with E-state index in [0.717, 1.165) is 12.8 Å². The third-order valence-electron chi connectivity index (χ3n) is 2.76. The molecule has 0 aliphatic heterocycles. The number of rotatable bonds is 9. The van der Waals surface area contributed by atoms with Crippen molar-refractivity contribution in [1.29, 1.82) is 0 Å².